The Labute approximate surface area is 139 Å². The Kier molecular flexibility index (Phi) is 5.84. The van der Waals surface area contributed by atoms with Gasteiger partial charge in [0.25, 0.3) is 0 Å². The van der Waals surface area contributed by atoms with E-state index in [-0.39, 0.29) is 36.1 Å². The number of allylic oxidation sites excluding steroid dienone is 1. The molecular weight excluding hydrogens is 294 g/mol. The molecule has 0 spiro atoms. The molecule has 2 aliphatic heterocycles. The number of hydrogen-bond donors (Lipinski definition) is 0. The molecule has 5 atom stereocenters. The number of hydrogen-bond acceptors (Lipinski definition) is 5. The first kappa shape index (κ1) is 18.0. The molecule has 2 bridgehead atoms. The van der Waals surface area contributed by atoms with E-state index in [0.717, 1.165) is 25.7 Å². The fourth-order valence-corrected chi connectivity index (χ4v) is 3.39. The number of carbonyl (C=O) groups excluding carboxylic acids is 2. The summed E-state index contributed by atoms with van der Waals surface area (Å²) in [6.07, 6.45) is 4.76. The van der Waals surface area contributed by atoms with Gasteiger partial charge in [-0.1, -0.05) is 19.9 Å². The SMILES string of the molecule is C/C=C(\C)C(=O)OC1C[C@H]2CC(OC(=O)C(C)CC)[C@@H](C1)N2C. The maximum Gasteiger partial charge on any atom is 0.333 e. The number of nitrogens with zero attached hydrogens (tertiary/aromatic N) is 1. The van der Waals surface area contributed by atoms with E-state index in [4.69, 9.17) is 9.47 Å². The Morgan fingerprint density at radius 3 is 2.57 bits per heavy atom. The van der Waals surface area contributed by atoms with Crippen molar-refractivity contribution < 1.29 is 19.1 Å². The number of piperidine rings is 1. The van der Waals surface area contributed by atoms with E-state index in [1.165, 1.54) is 0 Å². The van der Waals surface area contributed by atoms with Crippen molar-refractivity contribution >= 4 is 11.9 Å². The van der Waals surface area contributed by atoms with Crippen LogP contribution in [0.5, 0.6) is 0 Å². The maximum atomic E-state index is 12.1. The lowest BCUT2D eigenvalue weighted by molar-refractivity contribution is -0.157. The van der Waals surface area contributed by atoms with Gasteiger partial charge in [-0.05, 0) is 27.3 Å². The van der Waals surface area contributed by atoms with Gasteiger partial charge in [-0.3, -0.25) is 9.69 Å². The molecule has 130 valence electrons. The molecule has 23 heavy (non-hydrogen) atoms. The van der Waals surface area contributed by atoms with Crippen molar-refractivity contribution in [2.75, 3.05) is 7.05 Å². The molecule has 5 heteroatoms. The van der Waals surface area contributed by atoms with E-state index >= 15 is 0 Å². The molecule has 0 aromatic carbocycles. The van der Waals surface area contributed by atoms with Crippen LogP contribution in [0.3, 0.4) is 0 Å². The first-order chi connectivity index (χ1) is 10.9. The molecule has 0 aromatic heterocycles. The zero-order valence-electron chi connectivity index (χ0n) is 14.9. The van der Waals surface area contributed by atoms with E-state index in [9.17, 15) is 9.59 Å². The average molecular weight is 323 g/mol. The summed E-state index contributed by atoms with van der Waals surface area (Å²) in [5.74, 6) is -0.418. The number of carbonyl (C=O) groups is 2. The van der Waals surface area contributed by atoms with Gasteiger partial charge in [-0.25, -0.2) is 4.79 Å². The minimum atomic E-state index is -0.241. The van der Waals surface area contributed by atoms with Gasteiger partial charge in [0.05, 0.1) is 12.0 Å². The third kappa shape index (κ3) is 3.94. The normalized spacial score (nSPS) is 32.5. The Morgan fingerprint density at radius 2 is 1.96 bits per heavy atom. The minimum absolute atomic E-state index is 0.0632. The van der Waals surface area contributed by atoms with Crippen molar-refractivity contribution in [1.29, 1.82) is 0 Å². The van der Waals surface area contributed by atoms with E-state index in [1.54, 1.807) is 13.0 Å². The van der Waals surface area contributed by atoms with E-state index < -0.39 is 0 Å². The van der Waals surface area contributed by atoms with Crippen LogP contribution in [-0.4, -0.2) is 48.2 Å². The molecule has 2 saturated heterocycles. The van der Waals surface area contributed by atoms with Crippen LogP contribution in [-0.2, 0) is 19.1 Å². The summed E-state index contributed by atoms with van der Waals surface area (Å²) < 4.78 is 11.4. The first-order valence-corrected chi connectivity index (χ1v) is 8.63. The molecule has 0 amide bonds. The summed E-state index contributed by atoms with van der Waals surface area (Å²) >= 11 is 0. The summed E-state index contributed by atoms with van der Waals surface area (Å²) in [6, 6.07) is 0.456. The topological polar surface area (TPSA) is 55.8 Å². The molecular formula is C18H29NO4. The van der Waals surface area contributed by atoms with Crippen LogP contribution in [0.4, 0.5) is 0 Å². The summed E-state index contributed by atoms with van der Waals surface area (Å²) in [5.41, 5.74) is 0.635. The van der Waals surface area contributed by atoms with Gasteiger partial charge < -0.3 is 9.47 Å². The highest BCUT2D eigenvalue weighted by Gasteiger charge is 2.48. The van der Waals surface area contributed by atoms with Crippen LogP contribution < -0.4 is 0 Å². The number of fused-ring (bicyclic) bond motifs is 2. The third-order valence-corrected chi connectivity index (χ3v) is 5.38. The molecule has 0 N–H and O–H groups in total. The van der Waals surface area contributed by atoms with Crippen molar-refractivity contribution in [3.8, 4) is 0 Å². The second-order valence-electron chi connectivity index (χ2n) is 6.88. The van der Waals surface area contributed by atoms with Crippen molar-refractivity contribution in [1.82, 2.24) is 4.90 Å². The minimum Gasteiger partial charge on any atom is -0.460 e. The van der Waals surface area contributed by atoms with E-state index in [2.05, 4.69) is 11.9 Å². The largest absolute Gasteiger partial charge is 0.460 e. The monoisotopic (exact) mass is 323 g/mol. The van der Waals surface area contributed by atoms with Crippen molar-refractivity contribution in [2.45, 2.75) is 77.7 Å². The van der Waals surface area contributed by atoms with Gasteiger partial charge in [-0.15, -0.1) is 0 Å². The lowest BCUT2D eigenvalue weighted by Crippen LogP contribution is -2.46. The van der Waals surface area contributed by atoms with Crippen molar-refractivity contribution in [2.24, 2.45) is 5.92 Å². The summed E-state index contributed by atoms with van der Waals surface area (Å²) in [5, 5.41) is 0. The quantitative estimate of drug-likeness (QED) is 0.575. The van der Waals surface area contributed by atoms with E-state index in [1.807, 2.05) is 20.8 Å². The molecule has 5 nitrogen and oxygen atoms in total. The van der Waals surface area contributed by atoms with Crippen molar-refractivity contribution in [3.05, 3.63) is 11.6 Å². The van der Waals surface area contributed by atoms with Crippen LogP contribution >= 0.6 is 0 Å². The standard InChI is InChI=1S/C18H29NO4/c1-6-11(3)17(20)22-14-8-13-9-16(15(10-14)19(13)5)23-18(21)12(4)7-2/h6,12-16H,7-10H2,1-5H3/b11-6+/t12?,13-,14?,15+,16?/m0/s1. The lowest BCUT2D eigenvalue weighted by atomic mass is 10.00. The average Bonchev–Trinajstić information content (AvgIpc) is 2.72. The highest BCUT2D eigenvalue weighted by Crippen LogP contribution is 2.38. The molecule has 0 aromatic rings. The molecule has 3 unspecified atom stereocenters. The van der Waals surface area contributed by atoms with Gasteiger partial charge >= 0.3 is 11.9 Å². The second-order valence-corrected chi connectivity index (χ2v) is 6.88. The van der Waals surface area contributed by atoms with Gasteiger partial charge in [-0.2, -0.15) is 0 Å². The Balaban J connectivity index is 1.97. The zero-order chi connectivity index (χ0) is 17.1. The fraction of sp³-hybridized carbons (Fsp3) is 0.778. The van der Waals surface area contributed by atoms with Crippen molar-refractivity contribution in [3.63, 3.8) is 0 Å². The van der Waals surface area contributed by atoms with E-state index in [0.29, 0.717) is 11.6 Å². The van der Waals surface area contributed by atoms with Crippen LogP contribution in [0.25, 0.3) is 0 Å². The van der Waals surface area contributed by atoms with Gasteiger partial charge in [0.1, 0.15) is 12.2 Å². The van der Waals surface area contributed by atoms with Crippen LogP contribution in [0, 0.1) is 5.92 Å². The molecule has 2 heterocycles. The summed E-state index contributed by atoms with van der Waals surface area (Å²) in [6.45, 7) is 7.49. The highest BCUT2D eigenvalue weighted by atomic mass is 16.6. The highest BCUT2D eigenvalue weighted by molar-refractivity contribution is 5.87. The second kappa shape index (κ2) is 7.47. The third-order valence-electron chi connectivity index (χ3n) is 5.38. The number of ether oxygens (including phenoxy) is 2. The van der Waals surface area contributed by atoms with Gasteiger partial charge in [0, 0.05) is 30.9 Å². The molecule has 2 aliphatic rings. The molecule has 0 saturated carbocycles. The predicted octanol–water partition coefficient (Wildman–Crippen LogP) is 2.69. The van der Waals surface area contributed by atoms with Crippen LogP contribution in [0.15, 0.2) is 11.6 Å². The predicted molar refractivity (Wildman–Crippen MR) is 87.8 cm³/mol. The molecule has 0 radical (unpaired) electrons. The lowest BCUT2D eigenvalue weighted by Gasteiger charge is -2.36. The number of rotatable bonds is 5. The van der Waals surface area contributed by atoms with Crippen LogP contribution in [0.1, 0.15) is 53.4 Å². The summed E-state index contributed by atoms with van der Waals surface area (Å²) in [4.78, 5) is 26.3. The smallest absolute Gasteiger partial charge is 0.333 e. The first-order valence-electron chi connectivity index (χ1n) is 8.63. The van der Waals surface area contributed by atoms with Gasteiger partial charge in [0.2, 0.25) is 0 Å². The Bertz CT molecular complexity index is 487. The fourth-order valence-electron chi connectivity index (χ4n) is 3.39. The zero-order valence-corrected chi connectivity index (χ0v) is 14.9. The Morgan fingerprint density at radius 1 is 1.26 bits per heavy atom. The molecule has 2 rings (SSSR count). The molecule has 2 fully saturated rings. The number of likely N-dealkylation sites (N-methyl/N-ethyl adjacent to an activating group) is 1. The molecule has 0 aliphatic carbocycles. The summed E-state index contributed by atoms with van der Waals surface area (Å²) in [7, 11) is 2.07. The Hall–Kier alpha value is -1.36. The maximum absolute atomic E-state index is 12.1. The number of esters is 2. The van der Waals surface area contributed by atoms with Gasteiger partial charge in [0.15, 0.2) is 0 Å². The van der Waals surface area contributed by atoms with Crippen LogP contribution in [0.2, 0.25) is 0 Å².